The molecular weight excluding hydrogens is 236 g/mol. The van der Waals surface area contributed by atoms with E-state index in [9.17, 15) is 0 Å². The molecule has 0 aliphatic heterocycles. The smallest absolute Gasteiger partial charge is 0.227 e. The van der Waals surface area contributed by atoms with E-state index in [0.717, 1.165) is 29.0 Å². The summed E-state index contributed by atoms with van der Waals surface area (Å²) in [5.74, 6) is 1.48. The Bertz CT molecular complexity index is 660. The second-order valence-corrected chi connectivity index (χ2v) is 4.26. The van der Waals surface area contributed by atoms with Gasteiger partial charge in [0.1, 0.15) is 0 Å². The Morgan fingerprint density at radius 2 is 1.79 bits per heavy atom. The highest BCUT2D eigenvalue weighted by molar-refractivity contribution is 5.63. The molecule has 0 aliphatic rings. The number of hydrogen-bond donors (Lipinski definition) is 0. The summed E-state index contributed by atoms with van der Waals surface area (Å²) in [5.41, 5.74) is 2.92. The molecule has 0 N–H and O–H groups in total. The predicted molar refractivity (Wildman–Crippen MR) is 74.5 cm³/mol. The quantitative estimate of drug-likeness (QED) is 0.706. The van der Waals surface area contributed by atoms with Crippen LogP contribution in [0.2, 0.25) is 0 Å². The highest BCUT2D eigenvalue weighted by Gasteiger charge is 2.14. The van der Waals surface area contributed by atoms with Crippen molar-refractivity contribution in [3.05, 3.63) is 60.6 Å². The van der Waals surface area contributed by atoms with Crippen molar-refractivity contribution in [3.63, 3.8) is 0 Å². The summed E-state index contributed by atoms with van der Waals surface area (Å²) in [4.78, 5) is 8.71. The van der Waals surface area contributed by atoms with E-state index < -0.39 is 0 Å². The summed E-state index contributed by atoms with van der Waals surface area (Å²) >= 11 is 0. The van der Waals surface area contributed by atoms with E-state index in [-0.39, 0.29) is 0 Å². The van der Waals surface area contributed by atoms with Gasteiger partial charge in [-0.25, -0.2) is 4.98 Å². The lowest BCUT2D eigenvalue weighted by Gasteiger charge is -1.97. The Labute approximate surface area is 112 Å². The molecule has 2 heterocycles. The summed E-state index contributed by atoms with van der Waals surface area (Å²) in [6.07, 6.45) is 4.39. The lowest BCUT2D eigenvalue weighted by atomic mass is 10.1. The van der Waals surface area contributed by atoms with Crippen LogP contribution in [0.3, 0.4) is 0 Å². The lowest BCUT2D eigenvalue weighted by molar-refractivity contribution is 0.587. The van der Waals surface area contributed by atoms with Gasteiger partial charge in [0.15, 0.2) is 5.76 Å². The molecule has 3 nitrogen and oxygen atoms in total. The predicted octanol–water partition coefficient (Wildman–Crippen LogP) is 3.97. The zero-order valence-electron chi connectivity index (χ0n) is 10.7. The van der Waals surface area contributed by atoms with Gasteiger partial charge in [0, 0.05) is 23.5 Å². The Morgan fingerprint density at radius 3 is 2.47 bits per heavy atom. The number of aromatic nitrogens is 2. The first-order valence-corrected chi connectivity index (χ1v) is 6.34. The molecule has 0 amide bonds. The fraction of sp³-hybridized carbons (Fsp3) is 0.125. The minimum absolute atomic E-state index is 0.663. The fourth-order valence-corrected chi connectivity index (χ4v) is 2.02. The maximum atomic E-state index is 5.93. The summed E-state index contributed by atoms with van der Waals surface area (Å²) in [7, 11) is 0. The first-order valence-electron chi connectivity index (χ1n) is 6.34. The fourth-order valence-electron chi connectivity index (χ4n) is 2.02. The van der Waals surface area contributed by atoms with Crippen molar-refractivity contribution in [2.45, 2.75) is 13.3 Å². The van der Waals surface area contributed by atoms with Crippen molar-refractivity contribution in [1.29, 1.82) is 0 Å². The highest BCUT2D eigenvalue weighted by atomic mass is 16.4. The number of nitrogens with zero attached hydrogens (tertiary/aromatic N) is 2. The largest absolute Gasteiger partial charge is 0.436 e. The molecule has 0 radical (unpaired) electrons. The molecule has 19 heavy (non-hydrogen) atoms. The van der Waals surface area contributed by atoms with Gasteiger partial charge in [0.2, 0.25) is 5.89 Å². The van der Waals surface area contributed by atoms with Crippen LogP contribution in [0, 0.1) is 0 Å². The van der Waals surface area contributed by atoms with Gasteiger partial charge in [-0.05, 0) is 30.7 Å². The van der Waals surface area contributed by atoms with Crippen molar-refractivity contribution >= 4 is 0 Å². The van der Waals surface area contributed by atoms with Gasteiger partial charge in [-0.1, -0.05) is 25.1 Å². The van der Waals surface area contributed by atoms with Crippen LogP contribution in [0.5, 0.6) is 0 Å². The Kier molecular flexibility index (Phi) is 3.11. The first kappa shape index (κ1) is 11.7. The lowest BCUT2D eigenvalue weighted by Crippen LogP contribution is -1.85. The van der Waals surface area contributed by atoms with Crippen LogP contribution >= 0.6 is 0 Å². The molecule has 3 aromatic rings. The van der Waals surface area contributed by atoms with Crippen molar-refractivity contribution in [2.24, 2.45) is 0 Å². The summed E-state index contributed by atoms with van der Waals surface area (Å²) in [5, 5.41) is 0. The molecule has 2 aromatic heterocycles. The van der Waals surface area contributed by atoms with Crippen LogP contribution in [-0.2, 0) is 6.42 Å². The van der Waals surface area contributed by atoms with Gasteiger partial charge >= 0.3 is 0 Å². The van der Waals surface area contributed by atoms with E-state index in [2.05, 4.69) is 16.9 Å². The number of hydrogen-bond acceptors (Lipinski definition) is 3. The van der Waals surface area contributed by atoms with Crippen LogP contribution in [0.15, 0.2) is 59.3 Å². The van der Waals surface area contributed by atoms with E-state index in [1.165, 1.54) is 0 Å². The molecule has 3 rings (SSSR count). The third kappa shape index (κ3) is 2.27. The second kappa shape index (κ2) is 5.06. The zero-order valence-corrected chi connectivity index (χ0v) is 10.7. The van der Waals surface area contributed by atoms with Crippen molar-refractivity contribution in [1.82, 2.24) is 9.97 Å². The molecule has 0 unspecified atom stereocenters. The molecule has 3 heteroatoms. The van der Waals surface area contributed by atoms with Crippen LogP contribution in [0.1, 0.15) is 12.6 Å². The van der Waals surface area contributed by atoms with Crippen molar-refractivity contribution < 1.29 is 4.42 Å². The Balaban J connectivity index is 2.09. The molecule has 0 atom stereocenters. The molecule has 94 valence electrons. The van der Waals surface area contributed by atoms with Crippen LogP contribution < -0.4 is 0 Å². The average molecular weight is 250 g/mol. The van der Waals surface area contributed by atoms with Gasteiger partial charge in [-0.2, -0.15) is 0 Å². The van der Waals surface area contributed by atoms with E-state index in [1.807, 2.05) is 42.5 Å². The summed E-state index contributed by atoms with van der Waals surface area (Å²) in [6, 6.07) is 13.8. The van der Waals surface area contributed by atoms with Crippen LogP contribution in [-0.4, -0.2) is 9.97 Å². The molecule has 0 spiro atoms. The Morgan fingerprint density at radius 1 is 1.00 bits per heavy atom. The summed E-state index contributed by atoms with van der Waals surface area (Å²) < 4.78 is 5.93. The molecule has 0 saturated heterocycles. The van der Waals surface area contributed by atoms with Gasteiger partial charge in [0.05, 0.1) is 5.69 Å². The van der Waals surface area contributed by atoms with Crippen molar-refractivity contribution in [2.75, 3.05) is 0 Å². The number of benzene rings is 1. The molecule has 1 aromatic carbocycles. The number of aryl methyl sites for hydroxylation is 1. The molecule has 0 saturated carbocycles. The first-order chi connectivity index (χ1) is 9.38. The maximum absolute atomic E-state index is 5.93. The van der Waals surface area contributed by atoms with E-state index >= 15 is 0 Å². The van der Waals surface area contributed by atoms with Crippen molar-refractivity contribution in [3.8, 4) is 22.8 Å². The standard InChI is InChI=1S/C16H14N2O/c1-2-14-15(13-9-6-10-17-11-13)19-16(18-14)12-7-4-3-5-8-12/h3-11H,2H2,1H3. The van der Waals surface area contributed by atoms with Gasteiger partial charge in [-0.3, -0.25) is 4.98 Å². The highest BCUT2D eigenvalue weighted by Crippen LogP contribution is 2.29. The topological polar surface area (TPSA) is 38.9 Å². The molecule has 0 bridgehead atoms. The van der Waals surface area contributed by atoms with E-state index in [4.69, 9.17) is 4.42 Å². The Hall–Kier alpha value is -2.42. The molecule has 0 aliphatic carbocycles. The van der Waals surface area contributed by atoms with Crippen LogP contribution in [0.25, 0.3) is 22.8 Å². The number of oxazole rings is 1. The van der Waals surface area contributed by atoms with E-state index in [1.54, 1.807) is 12.4 Å². The normalized spacial score (nSPS) is 10.6. The minimum atomic E-state index is 0.663. The SMILES string of the molecule is CCc1nc(-c2ccccc2)oc1-c1cccnc1. The van der Waals surface area contributed by atoms with Crippen LogP contribution in [0.4, 0.5) is 0 Å². The second-order valence-electron chi connectivity index (χ2n) is 4.26. The third-order valence-electron chi connectivity index (χ3n) is 2.98. The monoisotopic (exact) mass is 250 g/mol. The molecular formula is C16H14N2O. The molecule has 0 fully saturated rings. The van der Waals surface area contributed by atoms with Gasteiger partial charge < -0.3 is 4.42 Å². The van der Waals surface area contributed by atoms with Gasteiger partial charge in [0.25, 0.3) is 0 Å². The van der Waals surface area contributed by atoms with Gasteiger partial charge in [-0.15, -0.1) is 0 Å². The number of rotatable bonds is 3. The summed E-state index contributed by atoms with van der Waals surface area (Å²) in [6.45, 7) is 2.08. The minimum Gasteiger partial charge on any atom is -0.436 e. The third-order valence-corrected chi connectivity index (χ3v) is 2.98. The van der Waals surface area contributed by atoms with E-state index in [0.29, 0.717) is 5.89 Å². The maximum Gasteiger partial charge on any atom is 0.227 e. The zero-order chi connectivity index (χ0) is 13.1. The number of pyridine rings is 1. The average Bonchev–Trinajstić information content (AvgIpc) is 2.93.